The summed E-state index contributed by atoms with van der Waals surface area (Å²) in [6.45, 7) is 0. The Balaban J connectivity index is 1.48. The molecular weight excluding hydrogens is 226 g/mol. The summed E-state index contributed by atoms with van der Waals surface area (Å²) in [7, 11) is 1.86. The van der Waals surface area contributed by atoms with E-state index >= 15 is 0 Å². The molecule has 0 aliphatic heterocycles. The van der Waals surface area contributed by atoms with Crippen LogP contribution in [0.25, 0.3) is 0 Å². The van der Waals surface area contributed by atoms with Gasteiger partial charge in [-0.3, -0.25) is 4.79 Å². The fraction of sp³-hybridized carbons (Fsp3) is 0.643. The van der Waals surface area contributed by atoms with Gasteiger partial charge in [0.15, 0.2) is 0 Å². The lowest BCUT2D eigenvalue weighted by atomic mass is 10.0. The molecule has 0 radical (unpaired) electrons. The van der Waals surface area contributed by atoms with Crippen LogP contribution in [0.15, 0.2) is 12.3 Å². The summed E-state index contributed by atoms with van der Waals surface area (Å²) >= 11 is 0. The van der Waals surface area contributed by atoms with Crippen molar-refractivity contribution in [2.75, 3.05) is 5.73 Å². The van der Waals surface area contributed by atoms with Crippen molar-refractivity contribution in [1.29, 1.82) is 0 Å². The van der Waals surface area contributed by atoms with Gasteiger partial charge in [-0.2, -0.15) is 0 Å². The number of nitrogens with zero attached hydrogens (tertiary/aromatic N) is 1. The maximum Gasteiger partial charge on any atom is 0.268 e. The van der Waals surface area contributed by atoms with Gasteiger partial charge in [0.1, 0.15) is 5.69 Å². The van der Waals surface area contributed by atoms with Crippen molar-refractivity contribution in [3.05, 3.63) is 18.0 Å². The van der Waals surface area contributed by atoms with E-state index in [0.29, 0.717) is 17.4 Å². The number of rotatable bonds is 2. The van der Waals surface area contributed by atoms with Gasteiger partial charge in [-0.25, -0.2) is 0 Å². The van der Waals surface area contributed by atoms with Gasteiger partial charge in [0.25, 0.3) is 5.91 Å². The standard InChI is InChI=1S/C14H19N3O/c1-17-6-9(15)5-10(17)14(18)16-13-11-7-2-3-8(4-7)12(11)13/h5-8,11-13H,2-4,15H2,1H3,(H,16,18). The molecule has 96 valence electrons. The van der Waals surface area contributed by atoms with Crippen LogP contribution in [0.2, 0.25) is 0 Å². The number of hydrogen-bond acceptors (Lipinski definition) is 2. The largest absolute Gasteiger partial charge is 0.397 e. The molecule has 18 heavy (non-hydrogen) atoms. The second-order valence-corrected chi connectivity index (χ2v) is 6.26. The van der Waals surface area contributed by atoms with Crippen LogP contribution < -0.4 is 11.1 Å². The molecule has 1 aromatic rings. The Labute approximate surface area is 107 Å². The third-order valence-electron chi connectivity index (χ3n) is 5.29. The zero-order valence-corrected chi connectivity index (χ0v) is 10.6. The number of anilines is 1. The van der Waals surface area contributed by atoms with Gasteiger partial charge in [-0.1, -0.05) is 0 Å². The summed E-state index contributed by atoms with van der Waals surface area (Å²) in [5.74, 6) is 3.39. The first-order chi connectivity index (χ1) is 8.65. The van der Waals surface area contributed by atoms with E-state index in [4.69, 9.17) is 5.73 Å². The van der Waals surface area contributed by atoms with Crippen LogP contribution in [0.1, 0.15) is 29.8 Å². The molecule has 0 aromatic carbocycles. The maximum atomic E-state index is 12.2. The van der Waals surface area contributed by atoms with Crippen molar-refractivity contribution < 1.29 is 4.79 Å². The van der Waals surface area contributed by atoms with E-state index in [1.807, 2.05) is 7.05 Å². The Kier molecular flexibility index (Phi) is 1.92. The van der Waals surface area contributed by atoms with Crippen LogP contribution in [-0.4, -0.2) is 16.5 Å². The Morgan fingerprint density at radius 2 is 2.06 bits per heavy atom. The third-order valence-corrected chi connectivity index (χ3v) is 5.29. The first-order valence-electron chi connectivity index (χ1n) is 6.88. The van der Waals surface area contributed by atoms with Gasteiger partial charge in [-0.15, -0.1) is 0 Å². The zero-order chi connectivity index (χ0) is 12.4. The van der Waals surface area contributed by atoms with Crippen LogP contribution in [0, 0.1) is 23.7 Å². The summed E-state index contributed by atoms with van der Waals surface area (Å²) in [4.78, 5) is 12.2. The van der Waals surface area contributed by atoms with Crippen molar-refractivity contribution in [3.63, 3.8) is 0 Å². The average molecular weight is 245 g/mol. The molecule has 1 amide bonds. The molecule has 2 bridgehead atoms. The van der Waals surface area contributed by atoms with Gasteiger partial charge in [0.05, 0.1) is 5.69 Å². The van der Waals surface area contributed by atoms with Gasteiger partial charge >= 0.3 is 0 Å². The van der Waals surface area contributed by atoms with E-state index in [9.17, 15) is 4.79 Å². The van der Waals surface area contributed by atoms with E-state index < -0.39 is 0 Å². The Hall–Kier alpha value is -1.45. The summed E-state index contributed by atoms with van der Waals surface area (Å²) in [6.07, 6.45) is 5.97. The number of hydrogen-bond donors (Lipinski definition) is 2. The molecule has 4 atom stereocenters. The van der Waals surface area contributed by atoms with Crippen LogP contribution in [0.5, 0.6) is 0 Å². The van der Waals surface area contributed by atoms with Crippen LogP contribution in [-0.2, 0) is 7.05 Å². The predicted molar refractivity (Wildman–Crippen MR) is 68.9 cm³/mol. The Bertz CT molecular complexity index is 505. The molecular formula is C14H19N3O. The van der Waals surface area contributed by atoms with Crippen LogP contribution in [0.4, 0.5) is 5.69 Å². The number of amides is 1. The molecule has 0 saturated heterocycles. The van der Waals surface area contributed by atoms with Crippen LogP contribution >= 0.6 is 0 Å². The number of carbonyl (C=O) groups is 1. The van der Waals surface area contributed by atoms with Crippen molar-refractivity contribution >= 4 is 11.6 Å². The molecule has 3 N–H and O–H groups in total. The number of aryl methyl sites for hydroxylation is 1. The van der Waals surface area contributed by atoms with Gasteiger partial charge in [-0.05, 0) is 49.0 Å². The Morgan fingerprint density at radius 3 is 2.61 bits per heavy atom. The SMILES string of the molecule is Cn1cc(N)cc1C(=O)NC1C2C3CCC(C3)C12. The fourth-order valence-electron chi connectivity index (χ4n) is 4.56. The zero-order valence-electron chi connectivity index (χ0n) is 10.6. The molecule has 3 aliphatic carbocycles. The lowest BCUT2D eigenvalue weighted by Crippen LogP contribution is -2.31. The van der Waals surface area contributed by atoms with E-state index in [-0.39, 0.29) is 5.91 Å². The number of nitrogens with one attached hydrogen (secondary N) is 1. The fourth-order valence-corrected chi connectivity index (χ4v) is 4.56. The minimum Gasteiger partial charge on any atom is -0.397 e. The lowest BCUT2D eigenvalue weighted by molar-refractivity contribution is 0.0936. The first kappa shape index (κ1) is 10.5. The smallest absolute Gasteiger partial charge is 0.268 e. The van der Waals surface area contributed by atoms with Crippen molar-refractivity contribution in [2.24, 2.45) is 30.7 Å². The highest BCUT2D eigenvalue weighted by molar-refractivity contribution is 5.94. The molecule has 4 heteroatoms. The molecule has 1 heterocycles. The number of nitrogen functional groups attached to an aromatic ring is 1. The summed E-state index contributed by atoms with van der Waals surface area (Å²) < 4.78 is 1.80. The molecule has 4 unspecified atom stereocenters. The monoisotopic (exact) mass is 245 g/mol. The molecule has 1 aromatic heterocycles. The van der Waals surface area contributed by atoms with Gasteiger partial charge in [0, 0.05) is 19.3 Å². The summed E-state index contributed by atoms with van der Waals surface area (Å²) in [5.41, 5.74) is 7.03. The highest BCUT2D eigenvalue weighted by Gasteiger charge is 2.65. The quantitative estimate of drug-likeness (QED) is 0.827. The second-order valence-electron chi connectivity index (χ2n) is 6.26. The summed E-state index contributed by atoms with van der Waals surface area (Å²) in [6, 6.07) is 2.20. The predicted octanol–water partition coefficient (Wildman–Crippen LogP) is 1.38. The number of nitrogens with two attached hydrogens (primary N) is 1. The maximum absolute atomic E-state index is 12.2. The molecule has 4 rings (SSSR count). The van der Waals surface area contributed by atoms with E-state index in [0.717, 1.165) is 23.7 Å². The first-order valence-corrected chi connectivity index (χ1v) is 6.88. The van der Waals surface area contributed by atoms with Crippen molar-refractivity contribution in [1.82, 2.24) is 9.88 Å². The topological polar surface area (TPSA) is 60.0 Å². The second kappa shape index (κ2) is 3.31. The number of fused-ring (bicyclic) bond motifs is 5. The average Bonchev–Trinajstić information content (AvgIpc) is 2.70. The molecule has 3 aliphatic rings. The molecule has 4 nitrogen and oxygen atoms in total. The van der Waals surface area contributed by atoms with Crippen molar-refractivity contribution in [2.45, 2.75) is 25.3 Å². The summed E-state index contributed by atoms with van der Waals surface area (Å²) in [5, 5.41) is 3.21. The number of aromatic nitrogens is 1. The minimum absolute atomic E-state index is 0.0352. The van der Waals surface area contributed by atoms with Crippen LogP contribution in [0.3, 0.4) is 0 Å². The highest BCUT2D eigenvalue weighted by atomic mass is 16.2. The van der Waals surface area contributed by atoms with Gasteiger partial charge < -0.3 is 15.6 Å². The van der Waals surface area contributed by atoms with E-state index in [2.05, 4.69) is 5.32 Å². The number of carbonyl (C=O) groups excluding carboxylic acids is 1. The molecule has 3 saturated carbocycles. The lowest BCUT2D eigenvalue weighted by Gasteiger charge is -2.10. The highest BCUT2D eigenvalue weighted by Crippen LogP contribution is 2.65. The van der Waals surface area contributed by atoms with Gasteiger partial charge in [0.2, 0.25) is 0 Å². The Morgan fingerprint density at radius 1 is 1.39 bits per heavy atom. The minimum atomic E-state index is 0.0352. The molecule has 3 fully saturated rings. The third kappa shape index (κ3) is 1.29. The van der Waals surface area contributed by atoms with E-state index in [1.165, 1.54) is 19.3 Å². The van der Waals surface area contributed by atoms with E-state index in [1.54, 1.807) is 16.8 Å². The molecule has 0 spiro atoms. The normalized spacial score (nSPS) is 39.7. The van der Waals surface area contributed by atoms with Crippen molar-refractivity contribution in [3.8, 4) is 0 Å².